The standard InChI is InChI=1S/C13H16O5/c1-4-18-13(17)11(14)10-6-9(12(15)16)5-7(2)8(10)3/h5-6,11,14H,4H2,1-3H3,(H,15,16). The van der Waals surface area contributed by atoms with Crippen molar-refractivity contribution < 1.29 is 24.5 Å². The number of ether oxygens (including phenoxy) is 1. The van der Waals surface area contributed by atoms with E-state index in [1.165, 1.54) is 12.1 Å². The van der Waals surface area contributed by atoms with Gasteiger partial charge in [0.15, 0.2) is 6.10 Å². The zero-order valence-corrected chi connectivity index (χ0v) is 10.6. The first-order chi connectivity index (χ1) is 8.38. The molecule has 0 aromatic heterocycles. The van der Waals surface area contributed by atoms with Crippen LogP contribution in [0.2, 0.25) is 0 Å². The van der Waals surface area contributed by atoms with Crippen LogP contribution in [0.15, 0.2) is 12.1 Å². The van der Waals surface area contributed by atoms with Crippen LogP contribution >= 0.6 is 0 Å². The Morgan fingerprint density at radius 1 is 1.33 bits per heavy atom. The average molecular weight is 252 g/mol. The van der Waals surface area contributed by atoms with Crippen LogP contribution in [0.4, 0.5) is 0 Å². The molecule has 0 aliphatic rings. The first-order valence-corrected chi connectivity index (χ1v) is 5.57. The molecule has 0 radical (unpaired) electrons. The molecule has 0 bridgehead atoms. The summed E-state index contributed by atoms with van der Waals surface area (Å²) in [5, 5.41) is 18.8. The molecule has 18 heavy (non-hydrogen) atoms. The number of hydrogen-bond acceptors (Lipinski definition) is 4. The minimum Gasteiger partial charge on any atom is -0.478 e. The molecular weight excluding hydrogens is 236 g/mol. The zero-order chi connectivity index (χ0) is 13.9. The van der Waals surface area contributed by atoms with Crippen molar-refractivity contribution in [1.82, 2.24) is 0 Å². The van der Waals surface area contributed by atoms with Crippen LogP contribution < -0.4 is 0 Å². The minimum atomic E-state index is -1.46. The number of carbonyl (C=O) groups is 2. The van der Waals surface area contributed by atoms with Crippen molar-refractivity contribution in [3.63, 3.8) is 0 Å². The number of carboxylic acids is 1. The molecule has 5 nitrogen and oxygen atoms in total. The molecule has 0 spiro atoms. The van der Waals surface area contributed by atoms with Crippen LogP contribution in [0, 0.1) is 13.8 Å². The van der Waals surface area contributed by atoms with Crippen molar-refractivity contribution in [2.75, 3.05) is 6.61 Å². The maximum Gasteiger partial charge on any atom is 0.339 e. The largest absolute Gasteiger partial charge is 0.478 e. The first-order valence-electron chi connectivity index (χ1n) is 5.57. The van der Waals surface area contributed by atoms with E-state index in [1.54, 1.807) is 20.8 Å². The van der Waals surface area contributed by atoms with E-state index in [1.807, 2.05) is 0 Å². The highest BCUT2D eigenvalue weighted by Gasteiger charge is 2.22. The normalized spacial score (nSPS) is 12.0. The van der Waals surface area contributed by atoms with Gasteiger partial charge in [-0.15, -0.1) is 0 Å². The molecule has 0 amide bonds. The molecule has 0 heterocycles. The van der Waals surface area contributed by atoms with Crippen molar-refractivity contribution in [3.05, 3.63) is 34.4 Å². The molecule has 98 valence electrons. The van der Waals surface area contributed by atoms with Gasteiger partial charge in [-0.3, -0.25) is 0 Å². The summed E-state index contributed by atoms with van der Waals surface area (Å²) in [6.45, 7) is 5.24. The van der Waals surface area contributed by atoms with E-state index >= 15 is 0 Å². The number of aliphatic hydroxyl groups is 1. The SMILES string of the molecule is CCOC(=O)C(O)c1cc(C(=O)O)cc(C)c1C. The van der Waals surface area contributed by atoms with E-state index in [4.69, 9.17) is 9.84 Å². The third-order valence-corrected chi connectivity index (χ3v) is 2.76. The van der Waals surface area contributed by atoms with Gasteiger partial charge in [0.1, 0.15) is 0 Å². The Morgan fingerprint density at radius 3 is 2.44 bits per heavy atom. The molecule has 1 unspecified atom stereocenters. The number of aryl methyl sites for hydroxylation is 1. The molecule has 1 atom stereocenters. The fraction of sp³-hybridized carbons (Fsp3) is 0.385. The smallest absolute Gasteiger partial charge is 0.339 e. The molecule has 1 aromatic carbocycles. The van der Waals surface area contributed by atoms with Gasteiger partial charge in [-0.25, -0.2) is 9.59 Å². The maximum absolute atomic E-state index is 11.5. The number of aromatic carboxylic acids is 1. The fourth-order valence-electron chi connectivity index (χ4n) is 1.64. The Hall–Kier alpha value is -1.88. The predicted octanol–water partition coefficient (Wildman–Crippen LogP) is 1.60. The third kappa shape index (κ3) is 2.87. The number of carbonyl (C=O) groups excluding carboxylic acids is 1. The topological polar surface area (TPSA) is 83.8 Å². The Kier molecular flexibility index (Phi) is 4.44. The highest BCUT2D eigenvalue weighted by atomic mass is 16.5. The second kappa shape index (κ2) is 5.64. The summed E-state index contributed by atoms with van der Waals surface area (Å²) in [5.41, 5.74) is 1.69. The lowest BCUT2D eigenvalue weighted by molar-refractivity contribution is -0.153. The van der Waals surface area contributed by atoms with Crippen molar-refractivity contribution in [2.45, 2.75) is 26.9 Å². The summed E-state index contributed by atoms with van der Waals surface area (Å²) in [6, 6.07) is 2.80. The third-order valence-electron chi connectivity index (χ3n) is 2.76. The molecule has 1 aromatic rings. The number of carboxylic acid groups (broad SMARTS) is 1. The van der Waals surface area contributed by atoms with Crippen LogP contribution in [0.3, 0.4) is 0 Å². The molecule has 0 aliphatic heterocycles. The number of aliphatic hydroxyl groups excluding tert-OH is 1. The van der Waals surface area contributed by atoms with Gasteiger partial charge in [-0.2, -0.15) is 0 Å². The summed E-state index contributed by atoms with van der Waals surface area (Å²) < 4.78 is 4.72. The lowest BCUT2D eigenvalue weighted by Crippen LogP contribution is -2.17. The lowest BCUT2D eigenvalue weighted by atomic mass is 9.96. The minimum absolute atomic E-state index is 0.0384. The number of esters is 1. The van der Waals surface area contributed by atoms with Crippen LogP contribution in [-0.2, 0) is 9.53 Å². The van der Waals surface area contributed by atoms with Gasteiger partial charge in [0.2, 0.25) is 0 Å². The van der Waals surface area contributed by atoms with Crippen LogP contribution in [0.5, 0.6) is 0 Å². The number of hydrogen-bond donors (Lipinski definition) is 2. The van der Waals surface area contributed by atoms with Crippen molar-refractivity contribution in [1.29, 1.82) is 0 Å². The van der Waals surface area contributed by atoms with Gasteiger partial charge in [-0.1, -0.05) is 0 Å². The maximum atomic E-state index is 11.5. The lowest BCUT2D eigenvalue weighted by Gasteiger charge is -2.15. The van der Waals surface area contributed by atoms with Crippen LogP contribution in [0.1, 0.15) is 40.1 Å². The first kappa shape index (κ1) is 14.2. The molecule has 0 saturated carbocycles. The molecule has 0 aliphatic carbocycles. The Morgan fingerprint density at radius 2 is 1.94 bits per heavy atom. The van der Waals surface area contributed by atoms with E-state index in [-0.39, 0.29) is 17.7 Å². The van der Waals surface area contributed by atoms with E-state index in [0.29, 0.717) is 11.1 Å². The quantitative estimate of drug-likeness (QED) is 0.795. The molecule has 2 N–H and O–H groups in total. The molecule has 1 rings (SSSR count). The summed E-state index contributed by atoms with van der Waals surface area (Å²) in [4.78, 5) is 22.4. The van der Waals surface area contributed by atoms with Crippen molar-refractivity contribution in [2.24, 2.45) is 0 Å². The summed E-state index contributed by atoms with van der Waals surface area (Å²) in [7, 11) is 0. The monoisotopic (exact) mass is 252 g/mol. The zero-order valence-electron chi connectivity index (χ0n) is 10.6. The fourth-order valence-corrected chi connectivity index (χ4v) is 1.64. The molecule has 0 saturated heterocycles. The van der Waals surface area contributed by atoms with E-state index < -0.39 is 18.0 Å². The second-order valence-corrected chi connectivity index (χ2v) is 3.97. The molecular formula is C13H16O5. The van der Waals surface area contributed by atoms with Gasteiger partial charge in [-0.05, 0) is 49.6 Å². The van der Waals surface area contributed by atoms with Gasteiger partial charge in [0, 0.05) is 0 Å². The average Bonchev–Trinajstić information content (AvgIpc) is 2.31. The van der Waals surface area contributed by atoms with Gasteiger partial charge in [0.05, 0.1) is 12.2 Å². The highest BCUT2D eigenvalue weighted by Crippen LogP contribution is 2.23. The van der Waals surface area contributed by atoms with E-state index in [9.17, 15) is 14.7 Å². The van der Waals surface area contributed by atoms with E-state index in [2.05, 4.69) is 0 Å². The van der Waals surface area contributed by atoms with Crippen molar-refractivity contribution in [3.8, 4) is 0 Å². The van der Waals surface area contributed by atoms with Crippen LogP contribution in [-0.4, -0.2) is 28.8 Å². The van der Waals surface area contributed by atoms with Gasteiger partial charge < -0.3 is 14.9 Å². The van der Waals surface area contributed by atoms with E-state index in [0.717, 1.165) is 0 Å². The number of benzene rings is 1. The summed E-state index contributed by atoms with van der Waals surface area (Å²) in [5.74, 6) is -1.88. The molecule has 0 fully saturated rings. The Labute approximate surface area is 105 Å². The predicted molar refractivity (Wildman–Crippen MR) is 64.5 cm³/mol. The number of rotatable bonds is 4. The van der Waals surface area contributed by atoms with Gasteiger partial charge in [0.25, 0.3) is 0 Å². The Balaban J connectivity index is 3.22. The van der Waals surface area contributed by atoms with Crippen molar-refractivity contribution >= 4 is 11.9 Å². The summed E-state index contributed by atoms with van der Waals surface area (Å²) in [6.07, 6.45) is -1.46. The van der Waals surface area contributed by atoms with Crippen LogP contribution in [0.25, 0.3) is 0 Å². The second-order valence-electron chi connectivity index (χ2n) is 3.97. The highest BCUT2D eigenvalue weighted by molar-refractivity contribution is 5.89. The Bertz CT molecular complexity index is 479. The summed E-state index contributed by atoms with van der Waals surface area (Å²) >= 11 is 0. The van der Waals surface area contributed by atoms with Gasteiger partial charge >= 0.3 is 11.9 Å². The molecule has 5 heteroatoms.